The molecule has 3 aromatic heterocycles. The summed E-state index contributed by atoms with van der Waals surface area (Å²) in [6.07, 6.45) is 7.22. The molecule has 0 spiro atoms. The summed E-state index contributed by atoms with van der Waals surface area (Å²) in [5.74, 6) is -0.254. The van der Waals surface area contributed by atoms with E-state index < -0.39 is 0 Å². The monoisotopic (exact) mass is 509 g/mol. The fraction of sp³-hybridized carbons (Fsp3) is 0.208. The molecule has 0 unspecified atom stereocenters. The minimum absolute atomic E-state index is 0.0518. The molecule has 3 heterocycles. The molecule has 0 saturated carbocycles. The number of halogens is 1. The Labute approximate surface area is 208 Å². The number of fused-ring (bicyclic) bond motifs is 3. The molecule has 172 valence electrons. The second kappa shape index (κ2) is 10.1. The molecular weight excluding hydrogens is 490 g/mol. The van der Waals surface area contributed by atoms with Crippen LogP contribution in [0.25, 0.3) is 15.9 Å². The highest BCUT2D eigenvalue weighted by Crippen LogP contribution is 2.35. The minimum atomic E-state index is -0.306. The maximum atomic E-state index is 13.7. The highest BCUT2D eigenvalue weighted by Gasteiger charge is 2.23. The Balaban J connectivity index is 1.45. The quantitative estimate of drug-likeness (QED) is 0.177. The lowest BCUT2D eigenvalue weighted by Gasteiger charge is -2.13. The number of benzene rings is 1. The van der Waals surface area contributed by atoms with Crippen LogP contribution < -0.4 is 11.0 Å². The van der Waals surface area contributed by atoms with Gasteiger partial charge in [0.2, 0.25) is 0 Å². The average Bonchev–Trinajstić information content (AvgIpc) is 3.23. The van der Waals surface area contributed by atoms with Gasteiger partial charge < -0.3 is 0 Å². The van der Waals surface area contributed by atoms with Crippen molar-refractivity contribution < 1.29 is 4.79 Å². The van der Waals surface area contributed by atoms with E-state index in [1.165, 1.54) is 22.9 Å². The summed E-state index contributed by atoms with van der Waals surface area (Å²) in [5, 5.41) is 5.69. The van der Waals surface area contributed by atoms with Crippen LogP contribution in [0.5, 0.6) is 0 Å². The van der Waals surface area contributed by atoms with Crippen molar-refractivity contribution in [3.8, 4) is 5.69 Å². The minimum Gasteiger partial charge on any atom is -0.272 e. The number of carbonyl (C=O) groups is 1. The summed E-state index contributed by atoms with van der Waals surface area (Å²) in [4.78, 5) is 37.0. The summed E-state index contributed by atoms with van der Waals surface area (Å²) < 4.78 is 1.58. The van der Waals surface area contributed by atoms with Gasteiger partial charge >= 0.3 is 0 Å². The van der Waals surface area contributed by atoms with Gasteiger partial charge in [-0.25, -0.2) is 10.4 Å². The summed E-state index contributed by atoms with van der Waals surface area (Å²) in [5.41, 5.74) is 4.82. The van der Waals surface area contributed by atoms with Crippen molar-refractivity contribution in [2.24, 2.45) is 5.10 Å². The number of amides is 1. The summed E-state index contributed by atoms with van der Waals surface area (Å²) in [6, 6.07) is 12.5. The normalized spacial score (nSPS) is 13.3. The molecule has 0 bridgehead atoms. The third-order valence-corrected chi connectivity index (χ3v) is 7.83. The Hall–Kier alpha value is -3.01. The van der Waals surface area contributed by atoms with Crippen LogP contribution in [-0.4, -0.2) is 32.4 Å². The summed E-state index contributed by atoms with van der Waals surface area (Å²) >= 11 is 8.86. The Bertz CT molecular complexity index is 1430. The number of nitrogens with one attached hydrogen (secondary N) is 1. The van der Waals surface area contributed by atoms with Gasteiger partial charge in [0, 0.05) is 16.1 Å². The number of aryl methyl sites for hydroxylation is 2. The first-order chi connectivity index (χ1) is 16.6. The van der Waals surface area contributed by atoms with Crippen LogP contribution in [-0.2, 0) is 17.6 Å². The lowest BCUT2D eigenvalue weighted by molar-refractivity contribution is -0.118. The molecule has 1 amide bonds. The van der Waals surface area contributed by atoms with Gasteiger partial charge in [0.25, 0.3) is 11.5 Å². The SMILES string of the molecule is O=C(CSc1nc2sc3c(c2c(=O)n1-c1ccc(Cl)cc1)CCCC3)NN=Cc1ccccn1. The number of aromatic nitrogens is 3. The van der Waals surface area contributed by atoms with E-state index in [4.69, 9.17) is 16.6 Å². The zero-order chi connectivity index (χ0) is 23.5. The smallest absolute Gasteiger partial charge is 0.267 e. The predicted octanol–water partition coefficient (Wildman–Crippen LogP) is 4.62. The van der Waals surface area contributed by atoms with Gasteiger partial charge in [0.15, 0.2) is 5.16 Å². The lowest BCUT2D eigenvalue weighted by atomic mass is 9.97. The number of thiophene rings is 1. The fourth-order valence-corrected chi connectivity index (χ4v) is 6.12. The third-order valence-electron chi connectivity index (χ3n) is 5.45. The molecular formula is C24H20ClN5O2S2. The Kier molecular flexibility index (Phi) is 6.75. The van der Waals surface area contributed by atoms with Crippen LogP contribution in [0.4, 0.5) is 0 Å². The molecule has 10 heteroatoms. The maximum absolute atomic E-state index is 13.7. The molecule has 1 N–H and O–H groups in total. The van der Waals surface area contributed by atoms with Crippen LogP contribution in [0.2, 0.25) is 5.02 Å². The zero-order valence-electron chi connectivity index (χ0n) is 18.0. The number of hydrogen-bond acceptors (Lipinski definition) is 7. The van der Waals surface area contributed by atoms with E-state index in [1.54, 1.807) is 58.5 Å². The van der Waals surface area contributed by atoms with E-state index in [1.807, 2.05) is 6.07 Å². The number of carbonyl (C=O) groups excluding carboxylic acids is 1. The first kappa shape index (κ1) is 22.8. The van der Waals surface area contributed by atoms with E-state index >= 15 is 0 Å². The van der Waals surface area contributed by atoms with Crippen LogP contribution >= 0.6 is 34.7 Å². The molecule has 7 nitrogen and oxygen atoms in total. The largest absolute Gasteiger partial charge is 0.272 e. The molecule has 1 aliphatic carbocycles. The van der Waals surface area contributed by atoms with E-state index in [0.29, 0.717) is 26.9 Å². The molecule has 1 aliphatic rings. The zero-order valence-corrected chi connectivity index (χ0v) is 20.4. The van der Waals surface area contributed by atoms with Gasteiger partial charge in [-0.15, -0.1) is 11.3 Å². The molecule has 0 saturated heterocycles. The van der Waals surface area contributed by atoms with Crippen LogP contribution in [0.1, 0.15) is 29.0 Å². The van der Waals surface area contributed by atoms with E-state index in [-0.39, 0.29) is 17.2 Å². The van der Waals surface area contributed by atoms with Crippen molar-refractivity contribution in [1.82, 2.24) is 20.0 Å². The van der Waals surface area contributed by atoms with Crippen LogP contribution in [0.15, 0.2) is 63.7 Å². The molecule has 0 fully saturated rings. The molecule has 0 aliphatic heterocycles. The van der Waals surface area contributed by atoms with E-state index in [2.05, 4.69) is 15.5 Å². The first-order valence-corrected chi connectivity index (χ1v) is 13.0. The highest BCUT2D eigenvalue weighted by molar-refractivity contribution is 7.99. The van der Waals surface area contributed by atoms with Gasteiger partial charge in [0.05, 0.1) is 28.7 Å². The molecule has 5 rings (SSSR count). The Morgan fingerprint density at radius 2 is 2.03 bits per heavy atom. The second-order valence-electron chi connectivity index (χ2n) is 7.74. The highest BCUT2D eigenvalue weighted by atomic mass is 35.5. The standard InChI is InChI=1S/C24H20ClN5O2S2/c25-15-8-10-17(11-9-15)30-23(32)21-18-6-1-2-7-19(18)34-22(21)28-24(30)33-14-20(31)29-27-13-16-5-3-4-12-26-16/h3-5,8-13H,1-2,6-7,14H2,(H,29,31). The molecule has 0 radical (unpaired) electrons. The topological polar surface area (TPSA) is 89.2 Å². The van der Waals surface area contributed by atoms with Gasteiger partial charge in [-0.2, -0.15) is 5.10 Å². The number of hydrazone groups is 1. The van der Waals surface area contributed by atoms with Crippen molar-refractivity contribution in [3.63, 3.8) is 0 Å². The van der Waals surface area contributed by atoms with Crippen molar-refractivity contribution in [2.45, 2.75) is 30.8 Å². The number of pyridine rings is 1. The molecule has 1 aromatic carbocycles. The number of hydrogen-bond donors (Lipinski definition) is 1. The van der Waals surface area contributed by atoms with Gasteiger partial charge in [0.1, 0.15) is 4.83 Å². The molecule has 34 heavy (non-hydrogen) atoms. The maximum Gasteiger partial charge on any atom is 0.267 e. The van der Waals surface area contributed by atoms with Gasteiger partial charge in [-0.1, -0.05) is 29.4 Å². The predicted molar refractivity (Wildman–Crippen MR) is 138 cm³/mol. The van der Waals surface area contributed by atoms with Crippen LogP contribution in [0.3, 0.4) is 0 Å². The molecule has 4 aromatic rings. The van der Waals surface area contributed by atoms with Crippen LogP contribution in [0, 0.1) is 0 Å². The second-order valence-corrected chi connectivity index (χ2v) is 10.2. The Morgan fingerprint density at radius 1 is 1.21 bits per heavy atom. The number of thioether (sulfide) groups is 1. The van der Waals surface area contributed by atoms with Gasteiger partial charge in [-0.05, 0) is 67.6 Å². The number of rotatable bonds is 6. The van der Waals surface area contributed by atoms with Crippen molar-refractivity contribution >= 4 is 57.0 Å². The fourth-order valence-electron chi connectivity index (χ4n) is 3.89. The first-order valence-electron chi connectivity index (χ1n) is 10.8. The van der Waals surface area contributed by atoms with Gasteiger partial charge in [-0.3, -0.25) is 19.1 Å². The van der Waals surface area contributed by atoms with Crippen molar-refractivity contribution in [3.05, 3.63) is 80.2 Å². The average molecular weight is 510 g/mol. The third kappa shape index (κ3) is 4.77. The summed E-state index contributed by atoms with van der Waals surface area (Å²) in [7, 11) is 0. The Morgan fingerprint density at radius 3 is 2.82 bits per heavy atom. The molecule has 0 atom stereocenters. The lowest BCUT2D eigenvalue weighted by Crippen LogP contribution is -2.24. The van der Waals surface area contributed by atoms with Crippen molar-refractivity contribution in [1.29, 1.82) is 0 Å². The number of nitrogens with zero attached hydrogens (tertiary/aromatic N) is 4. The van der Waals surface area contributed by atoms with Crippen molar-refractivity contribution in [2.75, 3.05) is 5.75 Å². The van der Waals surface area contributed by atoms with E-state index in [9.17, 15) is 9.59 Å². The van der Waals surface area contributed by atoms with E-state index in [0.717, 1.165) is 36.1 Å². The summed E-state index contributed by atoms with van der Waals surface area (Å²) in [6.45, 7) is 0.